The van der Waals surface area contributed by atoms with Gasteiger partial charge in [-0.2, -0.15) is 0 Å². The van der Waals surface area contributed by atoms with Crippen LogP contribution in [0.25, 0.3) is 20.8 Å². The molecule has 29 heavy (non-hydrogen) atoms. The summed E-state index contributed by atoms with van der Waals surface area (Å²) < 4.78 is 1.18. The standard InChI is InChI=1S/C23H19N3OS2/c1-15-6-2-3-7-18(15)21(27)26-23(28)24-14-16-10-12-17(13-11-16)22-25-19-8-4-5-9-20(19)29-22/h2-13H,14H2,1H3,(H2,24,26,27,28). The summed E-state index contributed by atoms with van der Waals surface area (Å²) in [5.74, 6) is -0.202. The first kappa shape index (κ1) is 19.2. The van der Waals surface area contributed by atoms with Gasteiger partial charge in [0.15, 0.2) is 5.11 Å². The fourth-order valence-electron chi connectivity index (χ4n) is 2.99. The number of amides is 1. The van der Waals surface area contributed by atoms with Crippen LogP contribution in [-0.2, 0) is 6.54 Å². The van der Waals surface area contributed by atoms with Crippen molar-refractivity contribution in [3.05, 3.63) is 89.5 Å². The van der Waals surface area contributed by atoms with Crippen LogP contribution >= 0.6 is 23.6 Å². The molecule has 0 saturated heterocycles. The van der Waals surface area contributed by atoms with Gasteiger partial charge in [0.25, 0.3) is 5.91 Å². The Morgan fingerprint density at radius 1 is 1.00 bits per heavy atom. The Morgan fingerprint density at radius 2 is 1.72 bits per heavy atom. The summed E-state index contributed by atoms with van der Waals surface area (Å²) in [6.07, 6.45) is 0. The average molecular weight is 418 g/mol. The van der Waals surface area contributed by atoms with E-state index in [4.69, 9.17) is 17.2 Å². The highest BCUT2D eigenvalue weighted by molar-refractivity contribution is 7.80. The summed E-state index contributed by atoms with van der Waals surface area (Å²) >= 11 is 6.95. The Kier molecular flexibility index (Phi) is 5.64. The quantitative estimate of drug-likeness (QED) is 0.455. The SMILES string of the molecule is Cc1ccccc1C(=O)NC(=S)NCc1ccc(-c2nc3ccccc3s2)cc1. The Labute approximate surface area is 178 Å². The fourth-order valence-corrected chi connectivity index (χ4v) is 4.12. The van der Waals surface area contributed by atoms with Crippen molar-refractivity contribution >= 4 is 44.8 Å². The molecular formula is C23H19N3OS2. The molecule has 0 spiro atoms. The molecule has 0 bridgehead atoms. The molecule has 4 aromatic rings. The molecule has 0 aliphatic heterocycles. The smallest absolute Gasteiger partial charge is 0.257 e. The number of benzene rings is 3. The number of aromatic nitrogens is 1. The van der Waals surface area contributed by atoms with E-state index in [1.807, 2.05) is 55.5 Å². The first-order chi connectivity index (χ1) is 14.1. The molecule has 0 saturated carbocycles. The van der Waals surface area contributed by atoms with E-state index in [0.29, 0.717) is 17.2 Å². The molecular weight excluding hydrogens is 398 g/mol. The number of thiocarbonyl (C=S) groups is 1. The second-order valence-electron chi connectivity index (χ2n) is 6.64. The number of fused-ring (bicyclic) bond motifs is 1. The molecule has 1 heterocycles. The lowest BCUT2D eigenvalue weighted by Gasteiger charge is -2.11. The number of para-hydroxylation sites is 1. The van der Waals surface area contributed by atoms with Crippen LogP contribution in [0.15, 0.2) is 72.8 Å². The summed E-state index contributed by atoms with van der Waals surface area (Å²) in [5.41, 5.74) is 4.72. The van der Waals surface area contributed by atoms with E-state index in [2.05, 4.69) is 28.8 Å². The Morgan fingerprint density at radius 3 is 2.48 bits per heavy atom. The minimum absolute atomic E-state index is 0.202. The van der Waals surface area contributed by atoms with Crippen molar-refractivity contribution in [3.63, 3.8) is 0 Å². The molecule has 6 heteroatoms. The molecule has 1 amide bonds. The maximum atomic E-state index is 12.3. The number of hydrogen-bond donors (Lipinski definition) is 2. The van der Waals surface area contributed by atoms with Gasteiger partial charge in [0.05, 0.1) is 10.2 Å². The van der Waals surface area contributed by atoms with Crippen LogP contribution in [0, 0.1) is 6.92 Å². The zero-order valence-electron chi connectivity index (χ0n) is 15.8. The van der Waals surface area contributed by atoms with Gasteiger partial charge in [0, 0.05) is 17.7 Å². The largest absolute Gasteiger partial charge is 0.358 e. The van der Waals surface area contributed by atoms with E-state index in [1.54, 1.807) is 17.4 Å². The number of nitrogens with one attached hydrogen (secondary N) is 2. The fraction of sp³-hybridized carbons (Fsp3) is 0.0870. The third-order valence-electron chi connectivity index (χ3n) is 4.56. The van der Waals surface area contributed by atoms with Crippen molar-refractivity contribution in [1.29, 1.82) is 0 Å². The van der Waals surface area contributed by atoms with E-state index in [1.165, 1.54) is 4.70 Å². The van der Waals surface area contributed by atoms with Crippen LogP contribution in [-0.4, -0.2) is 16.0 Å². The van der Waals surface area contributed by atoms with Crippen LogP contribution in [0.3, 0.4) is 0 Å². The van der Waals surface area contributed by atoms with Gasteiger partial charge in [-0.1, -0.05) is 54.6 Å². The number of rotatable bonds is 4. The minimum Gasteiger partial charge on any atom is -0.358 e. The second kappa shape index (κ2) is 8.51. The molecule has 2 N–H and O–H groups in total. The zero-order chi connectivity index (χ0) is 20.2. The number of carbonyl (C=O) groups is 1. The van der Waals surface area contributed by atoms with E-state index in [9.17, 15) is 4.79 Å². The van der Waals surface area contributed by atoms with Crippen LogP contribution < -0.4 is 10.6 Å². The summed E-state index contributed by atoms with van der Waals surface area (Å²) in [6, 6.07) is 23.8. The molecule has 4 nitrogen and oxygen atoms in total. The van der Waals surface area contributed by atoms with Crippen LogP contribution in [0.2, 0.25) is 0 Å². The first-order valence-corrected chi connectivity index (χ1v) is 10.4. The second-order valence-corrected chi connectivity index (χ2v) is 8.07. The molecule has 0 unspecified atom stereocenters. The summed E-state index contributed by atoms with van der Waals surface area (Å²) in [4.78, 5) is 17.0. The Hall–Kier alpha value is -3.09. The lowest BCUT2D eigenvalue weighted by Crippen LogP contribution is -2.39. The van der Waals surface area contributed by atoms with E-state index < -0.39 is 0 Å². The highest BCUT2D eigenvalue weighted by Gasteiger charge is 2.10. The molecule has 3 aromatic carbocycles. The number of nitrogens with zero attached hydrogens (tertiary/aromatic N) is 1. The normalized spacial score (nSPS) is 10.7. The van der Waals surface area contributed by atoms with Crippen molar-refractivity contribution in [2.24, 2.45) is 0 Å². The average Bonchev–Trinajstić information content (AvgIpc) is 3.17. The molecule has 0 atom stereocenters. The lowest BCUT2D eigenvalue weighted by molar-refractivity contribution is 0.0976. The first-order valence-electron chi connectivity index (χ1n) is 9.20. The highest BCUT2D eigenvalue weighted by Crippen LogP contribution is 2.29. The van der Waals surface area contributed by atoms with Crippen LogP contribution in [0.1, 0.15) is 21.5 Å². The molecule has 144 valence electrons. The van der Waals surface area contributed by atoms with Gasteiger partial charge in [-0.25, -0.2) is 4.98 Å². The third-order valence-corrected chi connectivity index (χ3v) is 5.90. The number of aryl methyl sites for hydroxylation is 1. The number of carbonyl (C=O) groups excluding carboxylic acids is 1. The summed E-state index contributed by atoms with van der Waals surface area (Å²) in [5, 5.41) is 7.14. The molecule has 4 rings (SSSR count). The van der Waals surface area contributed by atoms with Crippen LogP contribution in [0.5, 0.6) is 0 Å². The van der Waals surface area contributed by atoms with Gasteiger partial charge in [-0.15, -0.1) is 11.3 Å². The highest BCUT2D eigenvalue weighted by atomic mass is 32.1. The van der Waals surface area contributed by atoms with Gasteiger partial charge in [0.2, 0.25) is 0 Å². The molecule has 0 radical (unpaired) electrons. The van der Waals surface area contributed by atoms with Crippen molar-refractivity contribution in [2.75, 3.05) is 0 Å². The third kappa shape index (κ3) is 4.50. The Balaban J connectivity index is 1.36. The zero-order valence-corrected chi connectivity index (χ0v) is 17.4. The monoisotopic (exact) mass is 417 g/mol. The lowest BCUT2D eigenvalue weighted by atomic mass is 10.1. The van der Waals surface area contributed by atoms with Crippen molar-refractivity contribution in [2.45, 2.75) is 13.5 Å². The molecule has 0 fully saturated rings. The van der Waals surface area contributed by atoms with Gasteiger partial charge in [0.1, 0.15) is 5.01 Å². The van der Waals surface area contributed by atoms with Gasteiger partial charge in [-0.05, 0) is 48.5 Å². The topological polar surface area (TPSA) is 54.0 Å². The predicted octanol–water partition coefficient (Wildman–Crippen LogP) is 5.08. The van der Waals surface area contributed by atoms with Gasteiger partial charge in [-0.3, -0.25) is 10.1 Å². The Bertz CT molecular complexity index is 1150. The van der Waals surface area contributed by atoms with E-state index in [-0.39, 0.29) is 5.91 Å². The van der Waals surface area contributed by atoms with Crippen molar-refractivity contribution in [3.8, 4) is 10.6 Å². The van der Waals surface area contributed by atoms with E-state index in [0.717, 1.165) is 27.2 Å². The molecule has 0 aliphatic rings. The van der Waals surface area contributed by atoms with Crippen molar-refractivity contribution in [1.82, 2.24) is 15.6 Å². The van der Waals surface area contributed by atoms with Gasteiger partial charge >= 0.3 is 0 Å². The van der Waals surface area contributed by atoms with Crippen molar-refractivity contribution < 1.29 is 4.79 Å². The maximum Gasteiger partial charge on any atom is 0.257 e. The minimum atomic E-state index is -0.202. The molecule has 0 aliphatic carbocycles. The van der Waals surface area contributed by atoms with E-state index >= 15 is 0 Å². The number of hydrogen-bond acceptors (Lipinski definition) is 4. The maximum absolute atomic E-state index is 12.3. The molecule has 1 aromatic heterocycles. The number of thiazole rings is 1. The van der Waals surface area contributed by atoms with Crippen LogP contribution in [0.4, 0.5) is 0 Å². The summed E-state index contributed by atoms with van der Waals surface area (Å²) in [7, 11) is 0. The predicted molar refractivity (Wildman–Crippen MR) is 123 cm³/mol. The summed E-state index contributed by atoms with van der Waals surface area (Å²) in [6.45, 7) is 2.44. The van der Waals surface area contributed by atoms with Gasteiger partial charge < -0.3 is 5.32 Å².